The van der Waals surface area contributed by atoms with Crippen molar-refractivity contribution in [2.75, 3.05) is 24.3 Å². The zero-order valence-corrected chi connectivity index (χ0v) is 13.7. The zero-order valence-electron chi connectivity index (χ0n) is 13.7. The third kappa shape index (κ3) is 2.02. The minimum absolute atomic E-state index is 0.134. The van der Waals surface area contributed by atoms with Crippen LogP contribution < -0.4 is 10.2 Å². The van der Waals surface area contributed by atoms with E-state index < -0.39 is 0 Å². The van der Waals surface area contributed by atoms with Gasteiger partial charge in [0.15, 0.2) is 11.6 Å². The van der Waals surface area contributed by atoms with Crippen molar-refractivity contribution in [1.29, 1.82) is 0 Å². The lowest BCUT2D eigenvalue weighted by atomic mass is 9.82. The first-order valence-electron chi connectivity index (χ1n) is 7.70. The molecule has 0 unspecified atom stereocenters. The van der Waals surface area contributed by atoms with Crippen molar-refractivity contribution in [3.63, 3.8) is 0 Å². The molecular formula is C17H20N6. The minimum atomic E-state index is 0.134. The van der Waals surface area contributed by atoms with Gasteiger partial charge in [-0.25, -0.2) is 0 Å². The molecule has 118 valence electrons. The Morgan fingerprint density at radius 1 is 0.870 bits per heavy atom. The number of nitrogens with one attached hydrogen (secondary N) is 3. The topological polar surface area (TPSA) is 72.6 Å². The van der Waals surface area contributed by atoms with E-state index in [4.69, 9.17) is 0 Å². The second kappa shape index (κ2) is 4.87. The number of hydrogen-bond donors (Lipinski definition) is 3. The summed E-state index contributed by atoms with van der Waals surface area (Å²) in [7, 11) is 4.10. The zero-order chi connectivity index (χ0) is 16.1. The van der Waals surface area contributed by atoms with Gasteiger partial charge in [-0.2, -0.15) is 10.2 Å². The summed E-state index contributed by atoms with van der Waals surface area (Å²) in [5.74, 6) is 1.86. The average molecular weight is 308 g/mol. The average Bonchev–Trinajstić information content (AvgIpc) is 3.10. The van der Waals surface area contributed by atoms with Crippen LogP contribution in [0.2, 0.25) is 0 Å². The molecular weight excluding hydrogens is 288 g/mol. The third-order valence-corrected chi connectivity index (χ3v) is 4.55. The molecule has 23 heavy (non-hydrogen) atoms. The maximum absolute atomic E-state index is 4.39. The molecule has 1 aliphatic rings. The van der Waals surface area contributed by atoms with Gasteiger partial charge in [0, 0.05) is 48.2 Å². The monoisotopic (exact) mass is 308 g/mol. The molecule has 0 saturated carbocycles. The van der Waals surface area contributed by atoms with E-state index >= 15 is 0 Å². The van der Waals surface area contributed by atoms with Crippen LogP contribution in [0.4, 0.5) is 17.3 Å². The largest absolute Gasteiger partial charge is 0.378 e. The normalized spacial score (nSPS) is 13.4. The Labute approximate surface area is 134 Å². The van der Waals surface area contributed by atoms with Gasteiger partial charge in [0.2, 0.25) is 0 Å². The van der Waals surface area contributed by atoms with E-state index in [1.807, 2.05) is 0 Å². The van der Waals surface area contributed by atoms with E-state index in [0.717, 1.165) is 23.0 Å². The number of benzene rings is 1. The first kappa shape index (κ1) is 13.9. The van der Waals surface area contributed by atoms with Crippen molar-refractivity contribution in [3.05, 3.63) is 52.3 Å². The Morgan fingerprint density at radius 2 is 1.39 bits per heavy atom. The minimum Gasteiger partial charge on any atom is -0.378 e. The number of aromatic amines is 2. The molecule has 6 heteroatoms. The molecule has 0 aliphatic carbocycles. The molecule has 1 aliphatic heterocycles. The molecule has 1 aromatic carbocycles. The van der Waals surface area contributed by atoms with Crippen LogP contribution in [0.25, 0.3) is 0 Å². The number of rotatable bonds is 2. The van der Waals surface area contributed by atoms with Gasteiger partial charge in [0.25, 0.3) is 0 Å². The lowest BCUT2D eigenvalue weighted by Crippen LogP contribution is -2.14. The smallest absolute Gasteiger partial charge is 0.157 e. The summed E-state index contributed by atoms with van der Waals surface area (Å²) in [4.78, 5) is 2.11. The second-order valence-electron chi connectivity index (χ2n) is 6.27. The van der Waals surface area contributed by atoms with Crippen molar-refractivity contribution < 1.29 is 0 Å². The molecule has 0 bridgehead atoms. The summed E-state index contributed by atoms with van der Waals surface area (Å²) >= 11 is 0. The van der Waals surface area contributed by atoms with E-state index in [9.17, 15) is 0 Å². The molecule has 3 heterocycles. The van der Waals surface area contributed by atoms with Gasteiger partial charge < -0.3 is 10.2 Å². The van der Waals surface area contributed by atoms with Crippen molar-refractivity contribution in [2.24, 2.45) is 0 Å². The van der Waals surface area contributed by atoms with E-state index in [1.54, 1.807) is 0 Å². The molecule has 0 amide bonds. The Hall–Kier alpha value is -2.76. The fraction of sp³-hybridized carbons (Fsp3) is 0.294. The van der Waals surface area contributed by atoms with Crippen molar-refractivity contribution in [1.82, 2.24) is 20.4 Å². The number of aryl methyl sites for hydroxylation is 2. The van der Waals surface area contributed by atoms with Crippen LogP contribution in [0.3, 0.4) is 0 Å². The number of aromatic nitrogens is 4. The molecule has 0 atom stereocenters. The van der Waals surface area contributed by atoms with Crippen LogP contribution in [0.1, 0.15) is 34.0 Å². The van der Waals surface area contributed by atoms with Crippen LogP contribution in [0, 0.1) is 13.8 Å². The SMILES string of the molecule is Cc1[nH]nc2c1C(c1ccc(N(C)C)cc1)c1c(n[nH]c1C)N2. The molecule has 2 aromatic heterocycles. The molecule has 0 spiro atoms. The maximum Gasteiger partial charge on any atom is 0.157 e. The standard InChI is InChI=1S/C17H20N6/c1-9-13-15(11-5-7-12(8-6-11)23(3)4)14-10(2)20-22-17(14)18-16(13)21-19-9/h5-8,15H,1-4H3,(H3,18,19,20,21,22). The lowest BCUT2D eigenvalue weighted by molar-refractivity contribution is 0.939. The summed E-state index contributed by atoms with van der Waals surface area (Å²) in [6.45, 7) is 4.13. The number of hydrogen-bond acceptors (Lipinski definition) is 4. The Balaban J connectivity index is 1.90. The first-order valence-corrected chi connectivity index (χ1v) is 7.70. The van der Waals surface area contributed by atoms with Crippen LogP contribution >= 0.6 is 0 Å². The second-order valence-corrected chi connectivity index (χ2v) is 6.27. The predicted molar refractivity (Wildman–Crippen MR) is 91.6 cm³/mol. The van der Waals surface area contributed by atoms with E-state index in [2.05, 4.69) is 82.8 Å². The van der Waals surface area contributed by atoms with Gasteiger partial charge in [-0.05, 0) is 31.5 Å². The maximum atomic E-state index is 4.39. The molecule has 0 fully saturated rings. The van der Waals surface area contributed by atoms with Crippen molar-refractivity contribution in [3.8, 4) is 0 Å². The summed E-state index contributed by atoms with van der Waals surface area (Å²) in [6.07, 6.45) is 0. The summed E-state index contributed by atoms with van der Waals surface area (Å²) < 4.78 is 0. The summed E-state index contributed by atoms with van der Waals surface area (Å²) in [6, 6.07) is 8.69. The number of anilines is 3. The highest BCUT2D eigenvalue weighted by molar-refractivity contribution is 5.72. The number of H-pyrrole nitrogens is 2. The number of fused-ring (bicyclic) bond motifs is 2. The van der Waals surface area contributed by atoms with Crippen molar-refractivity contribution >= 4 is 17.3 Å². The van der Waals surface area contributed by atoms with Crippen molar-refractivity contribution in [2.45, 2.75) is 19.8 Å². The van der Waals surface area contributed by atoms with Crippen LogP contribution in [0.15, 0.2) is 24.3 Å². The lowest BCUT2D eigenvalue weighted by Gasteiger charge is -2.25. The highest BCUT2D eigenvalue weighted by atomic mass is 15.3. The van der Waals surface area contributed by atoms with Gasteiger partial charge in [0.05, 0.1) is 0 Å². The number of nitrogens with zero attached hydrogens (tertiary/aromatic N) is 3. The summed E-state index contributed by atoms with van der Waals surface area (Å²) in [5, 5.41) is 18.3. The quantitative estimate of drug-likeness (QED) is 0.532. The van der Waals surface area contributed by atoms with Crippen LogP contribution in [-0.2, 0) is 0 Å². The Bertz CT molecular complexity index is 810. The highest BCUT2D eigenvalue weighted by Gasteiger charge is 2.33. The predicted octanol–water partition coefficient (Wildman–Crippen LogP) is 3.05. The Kier molecular flexibility index (Phi) is 2.94. The molecule has 6 nitrogen and oxygen atoms in total. The molecule has 4 rings (SSSR count). The fourth-order valence-corrected chi connectivity index (χ4v) is 3.33. The fourth-order valence-electron chi connectivity index (χ4n) is 3.33. The van der Waals surface area contributed by atoms with Gasteiger partial charge in [-0.15, -0.1) is 0 Å². The molecule has 3 N–H and O–H groups in total. The van der Waals surface area contributed by atoms with Crippen LogP contribution in [0.5, 0.6) is 0 Å². The highest BCUT2D eigenvalue weighted by Crippen LogP contribution is 2.45. The van der Waals surface area contributed by atoms with E-state index in [0.29, 0.717) is 0 Å². The first-order chi connectivity index (χ1) is 11.1. The molecule has 3 aromatic rings. The molecule has 0 radical (unpaired) electrons. The van der Waals surface area contributed by atoms with E-state index in [-0.39, 0.29) is 5.92 Å². The molecule has 0 saturated heterocycles. The summed E-state index contributed by atoms with van der Waals surface area (Å²) in [5.41, 5.74) is 6.99. The van der Waals surface area contributed by atoms with Gasteiger partial charge in [-0.3, -0.25) is 10.2 Å². The van der Waals surface area contributed by atoms with E-state index in [1.165, 1.54) is 22.4 Å². The third-order valence-electron chi connectivity index (χ3n) is 4.55. The van der Waals surface area contributed by atoms with Gasteiger partial charge in [0.1, 0.15) is 0 Å². The van der Waals surface area contributed by atoms with Gasteiger partial charge >= 0.3 is 0 Å². The van der Waals surface area contributed by atoms with Crippen LogP contribution in [-0.4, -0.2) is 34.5 Å². The Morgan fingerprint density at radius 3 is 1.87 bits per heavy atom. The van der Waals surface area contributed by atoms with Gasteiger partial charge in [-0.1, -0.05) is 12.1 Å².